The summed E-state index contributed by atoms with van der Waals surface area (Å²) in [6.45, 7) is 0. The van der Waals surface area contributed by atoms with E-state index in [1.54, 1.807) is 0 Å². The summed E-state index contributed by atoms with van der Waals surface area (Å²) >= 11 is 11.3. The second kappa shape index (κ2) is 4.77. The predicted octanol–water partition coefficient (Wildman–Crippen LogP) is 2.05. The third-order valence-electron chi connectivity index (χ3n) is 1.77. The zero-order valence-electron chi connectivity index (χ0n) is 7.28. The zero-order chi connectivity index (χ0) is 11.6. The number of benzene rings is 1. The van der Waals surface area contributed by atoms with Crippen molar-refractivity contribution >= 4 is 23.2 Å². The minimum Gasteiger partial charge on any atom is -0.384 e. The van der Waals surface area contributed by atoms with Crippen LogP contribution in [0.4, 0.5) is 4.39 Å². The molecular formula is C9H6Cl2FNO2. The van der Waals surface area contributed by atoms with Crippen molar-refractivity contribution in [2.24, 2.45) is 0 Å². The Bertz CT molecular complexity index is 396. The van der Waals surface area contributed by atoms with E-state index in [2.05, 4.69) is 0 Å². The Morgan fingerprint density at radius 3 is 2.13 bits per heavy atom. The van der Waals surface area contributed by atoms with Gasteiger partial charge in [0.15, 0.2) is 6.10 Å². The zero-order valence-corrected chi connectivity index (χ0v) is 8.80. The normalized spacial score (nSPS) is 14.4. The van der Waals surface area contributed by atoms with E-state index in [0.29, 0.717) is 0 Å². The molecule has 0 radical (unpaired) electrons. The summed E-state index contributed by atoms with van der Waals surface area (Å²) in [5.41, 5.74) is -0.0613. The van der Waals surface area contributed by atoms with Crippen LogP contribution in [0.3, 0.4) is 0 Å². The van der Waals surface area contributed by atoms with Gasteiger partial charge in [-0.05, 0) is 12.1 Å². The van der Waals surface area contributed by atoms with Gasteiger partial charge in [-0.2, -0.15) is 5.26 Å². The Balaban J connectivity index is 3.21. The number of aliphatic hydroxyl groups excluding tert-OH is 2. The van der Waals surface area contributed by atoms with Gasteiger partial charge in [0, 0.05) is 5.56 Å². The largest absolute Gasteiger partial charge is 0.384 e. The summed E-state index contributed by atoms with van der Waals surface area (Å²) in [6, 6.07) is 3.31. The van der Waals surface area contributed by atoms with E-state index in [-0.39, 0.29) is 15.6 Å². The van der Waals surface area contributed by atoms with Crippen LogP contribution in [0.1, 0.15) is 11.7 Å². The van der Waals surface area contributed by atoms with Gasteiger partial charge in [-0.3, -0.25) is 0 Å². The second-order valence-electron chi connectivity index (χ2n) is 2.80. The average molecular weight is 250 g/mol. The van der Waals surface area contributed by atoms with Crippen LogP contribution in [0.15, 0.2) is 12.1 Å². The van der Waals surface area contributed by atoms with Crippen molar-refractivity contribution in [3.63, 3.8) is 0 Å². The summed E-state index contributed by atoms with van der Waals surface area (Å²) in [5.74, 6) is -0.660. The predicted molar refractivity (Wildman–Crippen MR) is 53.0 cm³/mol. The Morgan fingerprint density at radius 2 is 1.73 bits per heavy atom. The van der Waals surface area contributed by atoms with E-state index in [4.69, 9.17) is 33.6 Å². The Hall–Kier alpha value is -0.860. The molecule has 0 aliphatic carbocycles. The monoisotopic (exact) mass is 249 g/mol. The van der Waals surface area contributed by atoms with E-state index >= 15 is 0 Å². The number of nitriles is 1. The highest BCUT2D eigenvalue weighted by atomic mass is 35.5. The summed E-state index contributed by atoms with van der Waals surface area (Å²) in [6.07, 6.45) is -3.22. The number of nitrogens with zero attached hydrogens (tertiary/aromatic N) is 1. The average Bonchev–Trinajstić information content (AvgIpc) is 2.14. The van der Waals surface area contributed by atoms with E-state index in [1.165, 1.54) is 6.07 Å². The lowest BCUT2D eigenvalue weighted by molar-refractivity contribution is 0.0529. The quantitative estimate of drug-likeness (QED) is 0.789. The van der Waals surface area contributed by atoms with Crippen LogP contribution in [0, 0.1) is 17.1 Å². The van der Waals surface area contributed by atoms with Crippen molar-refractivity contribution < 1.29 is 14.6 Å². The third-order valence-corrected chi connectivity index (χ3v) is 2.40. The van der Waals surface area contributed by atoms with Gasteiger partial charge in [0.25, 0.3) is 0 Å². The van der Waals surface area contributed by atoms with Gasteiger partial charge < -0.3 is 10.2 Å². The highest BCUT2D eigenvalue weighted by molar-refractivity contribution is 6.36. The van der Waals surface area contributed by atoms with Crippen LogP contribution in [0.25, 0.3) is 0 Å². The summed E-state index contributed by atoms with van der Waals surface area (Å²) < 4.78 is 12.8. The van der Waals surface area contributed by atoms with Gasteiger partial charge in [0.1, 0.15) is 11.9 Å². The maximum absolute atomic E-state index is 12.8. The van der Waals surface area contributed by atoms with E-state index in [0.717, 1.165) is 12.1 Å². The first kappa shape index (κ1) is 12.2. The van der Waals surface area contributed by atoms with E-state index in [9.17, 15) is 9.50 Å². The van der Waals surface area contributed by atoms with Crippen molar-refractivity contribution in [3.8, 4) is 6.07 Å². The van der Waals surface area contributed by atoms with E-state index in [1.807, 2.05) is 0 Å². The molecule has 3 nitrogen and oxygen atoms in total. The Labute approximate surface area is 95.3 Å². The minimum atomic E-state index is -1.66. The van der Waals surface area contributed by atoms with E-state index < -0.39 is 18.0 Å². The lowest BCUT2D eigenvalue weighted by Crippen LogP contribution is -2.16. The van der Waals surface area contributed by atoms with Crippen LogP contribution in [-0.4, -0.2) is 16.3 Å². The third kappa shape index (κ3) is 2.58. The number of halogens is 3. The smallest absolute Gasteiger partial charge is 0.170 e. The molecule has 15 heavy (non-hydrogen) atoms. The lowest BCUT2D eigenvalue weighted by atomic mass is 10.1. The Morgan fingerprint density at radius 1 is 1.27 bits per heavy atom. The van der Waals surface area contributed by atoms with Crippen LogP contribution in [0.2, 0.25) is 10.0 Å². The summed E-state index contributed by atoms with van der Waals surface area (Å²) in [4.78, 5) is 0. The van der Waals surface area contributed by atoms with Gasteiger partial charge in [0.05, 0.1) is 16.1 Å². The summed E-state index contributed by atoms with van der Waals surface area (Å²) in [5, 5.41) is 26.7. The van der Waals surface area contributed by atoms with Crippen molar-refractivity contribution in [1.82, 2.24) is 0 Å². The molecule has 6 heteroatoms. The molecule has 0 aliphatic heterocycles. The van der Waals surface area contributed by atoms with Crippen molar-refractivity contribution in [1.29, 1.82) is 5.26 Å². The molecule has 0 amide bonds. The van der Waals surface area contributed by atoms with Gasteiger partial charge in [0.2, 0.25) is 0 Å². The molecular weight excluding hydrogens is 244 g/mol. The standard InChI is InChI=1S/C9H6Cl2FNO2/c10-5-1-4(12)2-6(11)8(5)9(15)7(14)3-13/h1-2,7,9,14-15H. The first-order valence-corrected chi connectivity index (χ1v) is 4.63. The first-order chi connectivity index (χ1) is 6.97. The fraction of sp³-hybridized carbons (Fsp3) is 0.222. The SMILES string of the molecule is N#CC(O)C(O)c1c(Cl)cc(F)cc1Cl. The number of aliphatic hydroxyl groups is 2. The fourth-order valence-electron chi connectivity index (χ4n) is 1.06. The highest BCUT2D eigenvalue weighted by Gasteiger charge is 2.23. The first-order valence-electron chi connectivity index (χ1n) is 3.87. The molecule has 1 rings (SSSR count). The van der Waals surface area contributed by atoms with Gasteiger partial charge in [-0.25, -0.2) is 4.39 Å². The van der Waals surface area contributed by atoms with Crippen molar-refractivity contribution in [2.75, 3.05) is 0 Å². The summed E-state index contributed by atoms with van der Waals surface area (Å²) in [7, 11) is 0. The molecule has 1 aromatic rings. The molecule has 80 valence electrons. The molecule has 0 fully saturated rings. The van der Waals surface area contributed by atoms with Crippen molar-refractivity contribution in [3.05, 3.63) is 33.6 Å². The molecule has 0 saturated carbocycles. The van der Waals surface area contributed by atoms with Crippen LogP contribution >= 0.6 is 23.2 Å². The topological polar surface area (TPSA) is 64.2 Å². The molecule has 0 saturated heterocycles. The van der Waals surface area contributed by atoms with Gasteiger partial charge >= 0.3 is 0 Å². The maximum atomic E-state index is 12.8. The number of rotatable bonds is 2. The molecule has 2 unspecified atom stereocenters. The molecule has 0 aromatic heterocycles. The molecule has 2 N–H and O–H groups in total. The van der Waals surface area contributed by atoms with Crippen LogP contribution < -0.4 is 0 Å². The van der Waals surface area contributed by atoms with Crippen LogP contribution in [-0.2, 0) is 0 Å². The van der Waals surface area contributed by atoms with Gasteiger partial charge in [-0.15, -0.1) is 0 Å². The second-order valence-corrected chi connectivity index (χ2v) is 3.62. The molecule has 0 aliphatic rings. The lowest BCUT2D eigenvalue weighted by Gasteiger charge is -2.15. The highest BCUT2D eigenvalue weighted by Crippen LogP contribution is 2.32. The minimum absolute atomic E-state index is 0.0613. The van der Waals surface area contributed by atoms with Crippen molar-refractivity contribution in [2.45, 2.75) is 12.2 Å². The Kier molecular flexibility index (Phi) is 3.89. The molecule has 0 heterocycles. The molecule has 1 aromatic carbocycles. The molecule has 2 atom stereocenters. The van der Waals surface area contributed by atoms with Gasteiger partial charge in [-0.1, -0.05) is 23.2 Å². The maximum Gasteiger partial charge on any atom is 0.170 e. The number of hydrogen-bond acceptors (Lipinski definition) is 3. The van der Waals surface area contributed by atoms with Crippen LogP contribution in [0.5, 0.6) is 0 Å². The fourth-order valence-corrected chi connectivity index (χ4v) is 1.75. The molecule has 0 spiro atoms. The molecule has 0 bridgehead atoms. The number of hydrogen-bond donors (Lipinski definition) is 2.